The van der Waals surface area contributed by atoms with E-state index in [2.05, 4.69) is 98.6 Å². The summed E-state index contributed by atoms with van der Waals surface area (Å²) >= 11 is 0. The monoisotopic (exact) mass is 382 g/mol. The van der Waals surface area contributed by atoms with Crippen LogP contribution in [0.5, 0.6) is 0 Å². The number of nitrogens with zero attached hydrogens (tertiary/aromatic N) is 3. The van der Waals surface area contributed by atoms with Crippen molar-refractivity contribution in [1.82, 2.24) is 9.55 Å². The van der Waals surface area contributed by atoms with E-state index in [4.69, 9.17) is 4.98 Å². The average Bonchev–Trinajstić information content (AvgIpc) is 3.18. The molecular formula is C26H28N3+. The van der Waals surface area contributed by atoms with Crippen LogP contribution < -0.4 is 4.57 Å². The molecule has 29 heavy (non-hydrogen) atoms. The van der Waals surface area contributed by atoms with Crippen LogP contribution >= 0.6 is 0 Å². The zero-order valence-corrected chi connectivity index (χ0v) is 18.0. The van der Waals surface area contributed by atoms with Crippen molar-refractivity contribution in [1.29, 1.82) is 0 Å². The third-order valence-corrected chi connectivity index (χ3v) is 5.91. The summed E-state index contributed by atoms with van der Waals surface area (Å²) in [5, 5.41) is 0. The Balaban J connectivity index is 1.71. The predicted octanol–water partition coefficient (Wildman–Crippen LogP) is 5.32. The number of benzene rings is 2. The fourth-order valence-corrected chi connectivity index (χ4v) is 4.70. The molecule has 0 radical (unpaired) electrons. The second kappa shape index (κ2) is 6.28. The summed E-state index contributed by atoms with van der Waals surface area (Å²) in [6.07, 6.45) is 4.16. The van der Waals surface area contributed by atoms with Gasteiger partial charge in [-0.15, -0.1) is 0 Å². The van der Waals surface area contributed by atoms with E-state index in [1.807, 2.05) is 0 Å². The minimum Gasteiger partial charge on any atom is -0.296 e. The number of aromatic nitrogens is 3. The van der Waals surface area contributed by atoms with E-state index in [-0.39, 0.29) is 5.41 Å². The molecule has 0 atom stereocenters. The molecule has 0 saturated carbocycles. The van der Waals surface area contributed by atoms with Crippen molar-refractivity contribution in [3.63, 3.8) is 0 Å². The van der Waals surface area contributed by atoms with E-state index in [1.54, 1.807) is 0 Å². The van der Waals surface area contributed by atoms with Crippen molar-refractivity contribution >= 4 is 11.0 Å². The van der Waals surface area contributed by atoms with Gasteiger partial charge in [0.15, 0.2) is 6.20 Å². The van der Waals surface area contributed by atoms with Gasteiger partial charge in [-0.1, -0.05) is 39.0 Å². The van der Waals surface area contributed by atoms with E-state index < -0.39 is 0 Å². The van der Waals surface area contributed by atoms with Crippen LogP contribution in [0.3, 0.4) is 0 Å². The lowest BCUT2D eigenvalue weighted by molar-refractivity contribution is -0.660. The first kappa shape index (κ1) is 18.1. The van der Waals surface area contributed by atoms with Crippen molar-refractivity contribution in [3.8, 4) is 16.9 Å². The molecule has 0 amide bonds. The summed E-state index contributed by atoms with van der Waals surface area (Å²) in [7, 11) is 2.15. The van der Waals surface area contributed by atoms with Gasteiger partial charge in [-0.05, 0) is 53.6 Å². The third-order valence-electron chi connectivity index (χ3n) is 5.91. The molecule has 3 nitrogen and oxygen atoms in total. The van der Waals surface area contributed by atoms with Gasteiger partial charge in [0.25, 0.3) is 0 Å². The number of hydrogen-bond donors (Lipinski definition) is 0. The maximum absolute atomic E-state index is 4.92. The van der Waals surface area contributed by atoms with Crippen molar-refractivity contribution in [2.24, 2.45) is 12.5 Å². The average molecular weight is 383 g/mol. The fraction of sp³-hybridized carbons (Fsp3) is 0.308. The van der Waals surface area contributed by atoms with Gasteiger partial charge in [0, 0.05) is 18.6 Å². The Hall–Kier alpha value is -2.94. The van der Waals surface area contributed by atoms with Crippen molar-refractivity contribution in [2.75, 3.05) is 0 Å². The third kappa shape index (κ3) is 2.96. The molecule has 0 bridgehead atoms. The highest BCUT2D eigenvalue weighted by Crippen LogP contribution is 2.39. The summed E-state index contributed by atoms with van der Waals surface area (Å²) in [5.74, 6) is 1.14. The van der Waals surface area contributed by atoms with Crippen LogP contribution in [0.2, 0.25) is 0 Å². The number of para-hydroxylation sites is 2. The van der Waals surface area contributed by atoms with E-state index in [1.165, 1.54) is 39.2 Å². The van der Waals surface area contributed by atoms with Crippen LogP contribution in [0.15, 0.2) is 54.7 Å². The summed E-state index contributed by atoms with van der Waals surface area (Å²) in [6, 6.07) is 17.6. The summed E-state index contributed by atoms with van der Waals surface area (Å²) < 4.78 is 4.60. The first-order valence-electron chi connectivity index (χ1n) is 10.4. The topological polar surface area (TPSA) is 21.7 Å². The summed E-state index contributed by atoms with van der Waals surface area (Å²) in [6.45, 7) is 9.13. The van der Waals surface area contributed by atoms with Crippen molar-refractivity contribution < 1.29 is 4.57 Å². The van der Waals surface area contributed by atoms with E-state index >= 15 is 0 Å². The highest BCUT2D eigenvalue weighted by atomic mass is 15.1. The molecule has 4 aromatic rings. The van der Waals surface area contributed by atoms with E-state index in [9.17, 15) is 0 Å². The minimum atomic E-state index is 0.270. The van der Waals surface area contributed by atoms with Gasteiger partial charge in [-0.25, -0.2) is 9.55 Å². The number of imidazole rings is 1. The van der Waals surface area contributed by atoms with Crippen molar-refractivity contribution in [2.45, 2.75) is 40.5 Å². The zero-order chi connectivity index (χ0) is 20.3. The molecule has 0 aliphatic carbocycles. The van der Waals surface area contributed by atoms with Crippen LogP contribution in [0.1, 0.15) is 43.3 Å². The lowest BCUT2D eigenvalue weighted by Gasteiger charge is -2.18. The molecule has 0 saturated heterocycles. The normalized spacial score (nSPS) is 13.0. The van der Waals surface area contributed by atoms with Crippen LogP contribution in [-0.4, -0.2) is 9.55 Å². The Bertz CT molecular complexity index is 1260. The van der Waals surface area contributed by atoms with Crippen LogP contribution in [-0.2, 0) is 19.9 Å². The Morgan fingerprint density at radius 1 is 1.07 bits per heavy atom. The fourth-order valence-electron chi connectivity index (χ4n) is 4.70. The first-order valence-corrected chi connectivity index (χ1v) is 10.4. The highest BCUT2D eigenvalue weighted by molar-refractivity contribution is 5.83. The smallest absolute Gasteiger partial charge is 0.213 e. The molecule has 1 aliphatic heterocycles. The lowest BCUT2D eigenvalue weighted by atomic mass is 9.87. The molecule has 5 rings (SSSR count). The standard InChI is InChI=1S/C26H28N3/c1-17-10-11-21-19(15-24-27-20-8-6-7-9-22(20)29(21)24)25(17)23-14-18(12-13-28(23)5)16-26(2,3)4/h6-14H,15-16H2,1-5H3/q+1. The van der Waals surface area contributed by atoms with Gasteiger partial charge < -0.3 is 0 Å². The van der Waals surface area contributed by atoms with Crippen LogP contribution in [0.4, 0.5) is 0 Å². The Kier molecular flexibility index (Phi) is 3.92. The number of pyridine rings is 1. The van der Waals surface area contributed by atoms with Crippen LogP contribution in [0, 0.1) is 12.3 Å². The quantitative estimate of drug-likeness (QED) is 0.379. The predicted molar refractivity (Wildman–Crippen MR) is 118 cm³/mol. The van der Waals surface area contributed by atoms with E-state index in [0.29, 0.717) is 0 Å². The van der Waals surface area contributed by atoms with Gasteiger partial charge in [-0.3, -0.25) is 4.57 Å². The summed E-state index contributed by atoms with van der Waals surface area (Å²) in [4.78, 5) is 4.92. The lowest BCUT2D eigenvalue weighted by Crippen LogP contribution is -2.31. The molecule has 0 spiro atoms. The molecule has 3 heterocycles. The second-order valence-corrected chi connectivity index (χ2v) is 9.55. The molecule has 0 unspecified atom stereocenters. The first-order chi connectivity index (χ1) is 13.8. The zero-order valence-electron chi connectivity index (χ0n) is 18.0. The molecule has 3 heteroatoms. The van der Waals surface area contributed by atoms with Crippen LogP contribution in [0.25, 0.3) is 28.0 Å². The van der Waals surface area contributed by atoms with Gasteiger partial charge in [0.1, 0.15) is 12.9 Å². The molecule has 2 aromatic heterocycles. The molecule has 0 N–H and O–H groups in total. The molecule has 0 fully saturated rings. The Labute approximate surface area is 172 Å². The van der Waals surface area contributed by atoms with E-state index in [0.717, 1.165) is 24.2 Å². The maximum Gasteiger partial charge on any atom is 0.213 e. The van der Waals surface area contributed by atoms with Gasteiger partial charge in [0.05, 0.1) is 22.3 Å². The summed E-state index contributed by atoms with van der Waals surface area (Å²) in [5.41, 5.74) is 10.6. The number of aryl methyl sites for hydroxylation is 2. The number of hydrogen-bond acceptors (Lipinski definition) is 1. The number of fused-ring (bicyclic) bond motifs is 5. The SMILES string of the molecule is Cc1ccc2c(c1-c1cc(CC(C)(C)C)cc[n+]1C)Cc1nc3ccccc3n1-2. The molecule has 2 aromatic carbocycles. The molecule has 146 valence electrons. The highest BCUT2D eigenvalue weighted by Gasteiger charge is 2.29. The Morgan fingerprint density at radius 2 is 1.86 bits per heavy atom. The van der Waals surface area contributed by atoms with Gasteiger partial charge >= 0.3 is 0 Å². The number of rotatable bonds is 2. The molecular weight excluding hydrogens is 354 g/mol. The minimum absolute atomic E-state index is 0.270. The van der Waals surface area contributed by atoms with Crippen molar-refractivity contribution in [3.05, 3.63) is 77.2 Å². The molecule has 1 aliphatic rings. The van der Waals surface area contributed by atoms with Gasteiger partial charge in [0.2, 0.25) is 5.69 Å². The maximum atomic E-state index is 4.92. The van der Waals surface area contributed by atoms with Gasteiger partial charge in [-0.2, -0.15) is 0 Å². The Morgan fingerprint density at radius 3 is 2.66 bits per heavy atom. The second-order valence-electron chi connectivity index (χ2n) is 9.55. The largest absolute Gasteiger partial charge is 0.296 e.